The summed E-state index contributed by atoms with van der Waals surface area (Å²) in [5.74, 6) is 0.728. The molecular formula is C17H16BrClO2. The van der Waals surface area contributed by atoms with Crippen LogP contribution in [0.25, 0.3) is 0 Å². The van der Waals surface area contributed by atoms with Gasteiger partial charge < -0.3 is 4.74 Å². The summed E-state index contributed by atoms with van der Waals surface area (Å²) in [6.07, 6.45) is 0.355. The smallest absolute Gasteiger partial charge is 0.167 e. The number of carbonyl (C=O) groups is 1. The van der Waals surface area contributed by atoms with Crippen LogP contribution in [-0.2, 0) is 6.42 Å². The molecule has 0 spiro atoms. The first-order valence-electron chi connectivity index (χ1n) is 6.69. The van der Waals surface area contributed by atoms with Crippen molar-refractivity contribution in [3.05, 3.63) is 63.1 Å². The lowest BCUT2D eigenvalue weighted by Gasteiger charge is -2.11. The number of ether oxygens (including phenoxy) is 1. The lowest BCUT2D eigenvalue weighted by Crippen LogP contribution is -2.08. The maximum absolute atomic E-state index is 12.4. The molecule has 0 amide bonds. The van der Waals surface area contributed by atoms with Crippen LogP contribution < -0.4 is 4.74 Å². The van der Waals surface area contributed by atoms with E-state index in [2.05, 4.69) is 15.9 Å². The van der Waals surface area contributed by atoms with Gasteiger partial charge in [-0.2, -0.15) is 0 Å². The summed E-state index contributed by atoms with van der Waals surface area (Å²) in [5.41, 5.74) is 1.45. The maximum Gasteiger partial charge on any atom is 0.167 e. The molecule has 0 aliphatic carbocycles. The van der Waals surface area contributed by atoms with Gasteiger partial charge in [0.2, 0.25) is 0 Å². The SMILES string of the molecule is CC(C)Oc1cccc(C(=O)Cc2ccc(Br)cc2Cl)c1. The summed E-state index contributed by atoms with van der Waals surface area (Å²) in [6.45, 7) is 3.91. The molecule has 0 saturated heterocycles. The Hall–Kier alpha value is -1.32. The van der Waals surface area contributed by atoms with Crippen LogP contribution in [0.4, 0.5) is 0 Å². The zero-order chi connectivity index (χ0) is 15.4. The van der Waals surface area contributed by atoms with Crippen molar-refractivity contribution in [2.45, 2.75) is 26.4 Å². The maximum atomic E-state index is 12.4. The van der Waals surface area contributed by atoms with Crippen molar-refractivity contribution in [3.8, 4) is 5.75 Å². The van der Waals surface area contributed by atoms with E-state index in [0.29, 0.717) is 16.3 Å². The van der Waals surface area contributed by atoms with Gasteiger partial charge in [-0.15, -0.1) is 0 Å². The summed E-state index contributed by atoms with van der Waals surface area (Å²) in [7, 11) is 0. The molecule has 21 heavy (non-hydrogen) atoms. The molecule has 0 heterocycles. The Labute approximate surface area is 138 Å². The number of Topliss-reactive ketones (excluding diaryl/α,β-unsaturated/α-hetero) is 1. The van der Waals surface area contributed by atoms with E-state index >= 15 is 0 Å². The van der Waals surface area contributed by atoms with Crippen LogP contribution in [0.3, 0.4) is 0 Å². The van der Waals surface area contributed by atoms with Gasteiger partial charge in [-0.05, 0) is 43.7 Å². The van der Waals surface area contributed by atoms with Crippen LogP contribution >= 0.6 is 27.5 Å². The van der Waals surface area contributed by atoms with E-state index in [-0.39, 0.29) is 18.3 Å². The Morgan fingerprint density at radius 3 is 2.67 bits per heavy atom. The van der Waals surface area contributed by atoms with Gasteiger partial charge in [-0.1, -0.05) is 45.7 Å². The highest BCUT2D eigenvalue weighted by molar-refractivity contribution is 9.10. The molecule has 2 nitrogen and oxygen atoms in total. The molecule has 2 rings (SSSR count). The summed E-state index contributed by atoms with van der Waals surface area (Å²) >= 11 is 9.51. The Bertz CT molecular complexity index is 653. The Kier molecular flexibility index (Phi) is 5.43. The molecule has 0 N–H and O–H groups in total. The molecule has 0 aliphatic rings. The number of hydrogen-bond acceptors (Lipinski definition) is 2. The number of ketones is 1. The average molecular weight is 368 g/mol. The van der Waals surface area contributed by atoms with Gasteiger partial charge in [0.25, 0.3) is 0 Å². The summed E-state index contributed by atoms with van der Waals surface area (Å²) in [6, 6.07) is 12.8. The Morgan fingerprint density at radius 2 is 2.00 bits per heavy atom. The number of benzene rings is 2. The first-order valence-corrected chi connectivity index (χ1v) is 7.86. The fourth-order valence-electron chi connectivity index (χ4n) is 1.96. The van der Waals surface area contributed by atoms with Gasteiger partial charge in [-0.3, -0.25) is 4.79 Å². The molecule has 2 aromatic carbocycles. The lowest BCUT2D eigenvalue weighted by atomic mass is 10.0. The monoisotopic (exact) mass is 366 g/mol. The van der Waals surface area contributed by atoms with Crippen molar-refractivity contribution in [2.24, 2.45) is 0 Å². The second-order valence-electron chi connectivity index (χ2n) is 5.03. The normalized spacial score (nSPS) is 10.7. The number of hydrogen-bond donors (Lipinski definition) is 0. The molecule has 0 atom stereocenters. The molecule has 0 fully saturated rings. The highest BCUT2D eigenvalue weighted by atomic mass is 79.9. The third-order valence-electron chi connectivity index (χ3n) is 2.89. The van der Waals surface area contributed by atoms with Gasteiger partial charge in [-0.25, -0.2) is 0 Å². The van der Waals surface area contributed by atoms with Crippen molar-refractivity contribution >= 4 is 33.3 Å². The van der Waals surface area contributed by atoms with Crippen molar-refractivity contribution in [2.75, 3.05) is 0 Å². The van der Waals surface area contributed by atoms with Crippen LogP contribution in [0.1, 0.15) is 29.8 Å². The molecule has 0 aliphatic heterocycles. The molecule has 0 unspecified atom stereocenters. The van der Waals surface area contributed by atoms with Crippen molar-refractivity contribution in [3.63, 3.8) is 0 Å². The quantitative estimate of drug-likeness (QED) is 0.669. The minimum Gasteiger partial charge on any atom is -0.491 e. The van der Waals surface area contributed by atoms with E-state index in [9.17, 15) is 4.79 Å². The van der Waals surface area contributed by atoms with Crippen LogP contribution in [0.15, 0.2) is 46.9 Å². The third-order valence-corrected chi connectivity index (χ3v) is 3.74. The minimum absolute atomic E-state index is 0.0217. The summed E-state index contributed by atoms with van der Waals surface area (Å²) < 4.78 is 6.51. The number of halogens is 2. The predicted octanol–water partition coefficient (Wildman–Crippen LogP) is 5.32. The average Bonchev–Trinajstić information content (AvgIpc) is 2.41. The van der Waals surface area contributed by atoms with E-state index in [1.165, 1.54) is 0 Å². The largest absolute Gasteiger partial charge is 0.491 e. The van der Waals surface area contributed by atoms with E-state index in [4.69, 9.17) is 16.3 Å². The highest BCUT2D eigenvalue weighted by Gasteiger charge is 2.11. The van der Waals surface area contributed by atoms with Crippen molar-refractivity contribution < 1.29 is 9.53 Å². The van der Waals surface area contributed by atoms with Gasteiger partial charge in [0.1, 0.15) is 5.75 Å². The van der Waals surface area contributed by atoms with E-state index in [1.54, 1.807) is 18.2 Å². The zero-order valence-corrected chi connectivity index (χ0v) is 14.2. The van der Waals surface area contributed by atoms with E-state index in [1.807, 2.05) is 38.1 Å². The van der Waals surface area contributed by atoms with Gasteiger partial charge >= 0.3 is 0 Å². The topological polar surface area (TPSA) is 26.3 Å². The van der Waals surface area contributed by atoms with Crippen molar-refractivity contribution in [1.82, 2.24) is 0 Å². The fraction of sp³-hybridized carbons (Fsp3) is 0.235. The van der Waals surface area contributed by atoms with E-state index < -0.39 is 0 Å². The molecular weight excluding hydrogens is 352 g/mol. The summed E-state index contributed by atoms with van der Waals surface area (Å²) in [4.78, 5) is 12.4. The predicted molar refractivity (Wildman–Crippen MR) is 89.4 cm³/mol. The zero-order valence-electron chi connectivity index (χ0n) is 11.9. The third kappa shape index (κ3) is 4.58. The molecule has 0 saturated carbocycles. The molecule has 0 aromatic heterocycles. The molecule has 0 radical (unpaired) electrons. The standard InChI is InChI=1S/C17H16BrClO2/c1-11(2)21-15-5-3-4-13(8-15)17(20)9-12-6-7-14(18)10-16(12)19/h3-8,10-11H,9H2,1-2H3. The second kappa shape index (κ2) is 7.10. The number of carbonyl (C=O) groups excluding carboxylic acids is 1. The molecule has 110 valence electrons. The first kappa shape index (κ1) is 16.1. The molecule has 2 aromatic rings. The van der Waals surface area contributed by atoms with Gasteiger partial charge in [0.15, 0.2) is 5.78 Å². The van der Waals surface area contributed by atoms with Crippen LogP contribution in [0.5, 0.6) is 5.75 Å². The van der Waals surface area contributed by atoms with E-state index in [0.717, 1.165) is 10.0 Å². The van der Waals surface area contributed by atoms with Gasteiger partial charge in [0, 0.05) is 21.5 Å². The van der Waals surface area contributed by atoms with Crippen LogP contribution in [0.2, 0.25) is 5.02 Å². The Balaban J connectivity index is 2.16. The van der Waals surface area contributed by atoms with Crippen LogP contribution in [0, 0.1) is 0 Å². The second-order valence-corrected chi connectivity index (χ2v) is 6.35. The first-order chi connectivity index (χ1) is 9.95. The highest BCUT2D eigenvalue weighted by Crippen LogP contribution is 2.23. The number of rotatable bonds is 5. The Morgan fingerprint density at radius 1 is 1.24 bits per heavy atom. The molecule has 4 heteroatoms. The lowest BCUT2D eigenvalue weighted by molar-refractivity contribution is 0.0992. The summed E-state index contributed by atoms with van der Waals surface area (Å²) in [5, 5.41) is 0.590. The fourth-order valence-corrected chi connectivity index (χ4v) is 2.70. The van der Waals surface area contributed by atoms with Crippen LogP contribution in [-0.4, -0.2) is 11.9 Å². The molecule has 0 bridgehead atoms. The van der Waals surface area contributed by atoms with Gasteiger partial charge in [0.05, 0.1) is 6.10 Å². The minimum atomic E-state index is 0.0217. The van der Waals surface area contributed by atoms with Crippen molar-refractivity contribution in [1.29, 1.82) is 0 Å².